The standard InChI is InChI=1S/C14H19NO3/c1-5-15-9(2)12-8-11-13(17-4)6-10(16-3)7-14(11)18-12/h6-9,15H,5H2,1-4H3. The lowest BCUT2D eigenvalue weighted by Crippen LogP contribution is -2.16. The summed E-state index contributed by atoms with van der Waals surface area (Å²) in [6.45, 7) is 5.05. The Bertz CT molecular complexity index is 533. The maximum Gasteiger partial charge on any atom is 0.141 e. The molecule has 0 amide bonds. The maximum atomic E-state index is 5.84. The molecule has 1 heterocycles. The van der Waals surface area contributed by atoms with Crippen molar-refractivity contribution in [3.05, 3.63) is 24.0 Å². The molecule has 0 radical (unpaired) electrons. The first-order valence-corrected chi connectivity index (χ1v) is 6.08. The van der Waals surface area contributed by atoms with Gasteiger partial charge in [-0.15, -0.1) is 0 Å². The summed E-state index contributed by atoms with van der Waals surface area (Å²) < 4.78 is 16.4. The average Bonchev–Trinajstić information content (AvgIpc) is 2.81. The molecule has 4 nitrogen and oxygen atoms in total. The average molecular weight is 249 g/mol. The molecule has 2 rings (SSSR count). The van der Waals surface area contributed by atoms with Crippen molar-refractivity contribution in [3.8, 4) is 11.5 Å². The van der Waals surface area contributed by atoms with Crippen LogP contribution in [-0.4, -0.2) is 20.8 Å². The molecule has 0 saturated carbocycles. The summed E-state index contributed by atoms with van der Waals surface area (Å²) in [7, 11) is 3.28. The zero-order chi connectivity index (χ0) is 13.1. The number of rotatable bonds is 5. The Hall–Kier alpha value is -1.68. The van der Waals surface area contributed by atoms with Gasteiger partial charge < -0.3 is 19.2 Å². The van der Waals surface area contributed by atoms with E-state index < -0.39 is 0 Å². The Morgan fingerprint density at radius 3 is 2.61 bits per heavy atom. The quantitative estimate of drug-likeness (QED) is 0.884. The molecule has 1 unspecified atom stereocenters. The number of methoxy groups -OCH3 is 2. The summed E-state index contributed by atoms with van der Waals surface area (Å²) in [6, 6.07) is 5.93. The topological polar surface area (TPSA) is 43.6 Å². The molecule has 0 spiro atoms. The van der Waals surface area contributed by atoms with Crippen molar-refractivity contribution >= 4 is 11.0 Å². The second-order valence-corrected chi connectivity index (χ2v) is 4.17. The van der Waals surface area contributed by atoms with Gasteiger partial charge in [0.25, 0.3) is 0 Å². The van der Waals surface area contributed by atoms with E-state index in [1.807, 2.05) is 18.2 Å². The first-order valence-electron chi connectivity index (χ1n) is 6.08. The van der Waals surface area contributed by atoms with E-state index in [9.17, 15) is 0 Å². The molecule has 98 valence electrons. The van der Waals surface area contributed by atoms with E-state index in [4.69, 9.17) is 13.9 Å². The highest BCUT2D eigenvalue weighted by Crippen LogP contribution is 2.34. The van der Waals surface area contributed by atoms with Crippen LogP contribution in [0.1, 0.15) is 25.6 Å². The molecule has 0 aliphatic carbocycles. The second kappa shape index (κ2) is 5.31. The van der Waals surface area contributed by atoms with Gasteiger partial charge in [-0.2, -0.15) is 0 Å². The van der Waals surface area contributed by atoms with Gasteiger partial charge in [0.15, 0.2) is 0 Å². The second-order valence-electron chi connectivity index (χ2n) is 4.17. The van der Waals surface area contributed by atoms with Crippen LogP contribution in [-0.2, 0) is 0 Å². The number of hydrogen-bond acceptors (Lipinski definition) is 4. The van der Waals surface area contributed by atoms with E-state index in [1.165, 1.54) is 0 Å². The van der Waals surface area contributed by atoms with Crippen molar-refractivity contribution in [2.24, 2.45) is 0 Å². The number of benzene rings is 1. The fourth-order valence-corrected chi connectivity index (χ4v) is 2.01. The van der Waals surface area contributed by atoms with Gasteiger partial charge in [-0.05, 0) is 19.5 Å². The number of ether oxygens (including phenoxy) is 2. The molecule has 1 atom stereocenters. The number of fused-ring (bicyclic) bond motifs is 1. The van der Waals surface area contributed by atoms with Gasteiger partial charge in [0.1, 0.15) is 22.8 Å². The summed E-state index contributed by atoms with van der Waals surface area (Å²) >= 11 is 0. The number of furan rings is 1. The van der Waals surface area contributed by atoms with Gasteiger partial charge in [-0.1, -0.05) is 6.92 Å². The van der Waals surface area contributed by atoms with Gasteiger partial charge in [0.2, 0.25) is 0 Å². The molecule has 0 fully saturated rings. The Morgan fingerprint density at radius 1 is 1.22 bits per heavy atom. The fourth-order valence-electron chi connectivity index (χ4n) is 2.01. The van der Waals surface area contributed by atoms with Crippen LogP contribution >= 0.6 is 0 Å². The van der Waals surface area contributed by atoms with Crippen LogP contribution in [0, 0.1) is 0 Å². The van der Waals surface area contributed by atoms with Gasteiger partial charge in [0.05, 0.1) is 25.6 Å². The fraction of sp³-hybridized carbons (Fsp3) is 0.429. The van der Waals surface area contributed by atoms with E-state index in [0.29, 0.717) is 0 Å². The zero-order valence-corrected chi connectivity index (χ0v) is 11.2. The molecule has 1 aromatic carbocycles. The first-order chi connectivity index (χ1) is 8.69. The van der Waals surface area contributed by atoms with Crippen LogP contribution in [0.2, 0.25) is 0 Å². The van der Waals surface area contributed by atoms with Crippen LogP contribution in [0.25, 0.3) is 11.0 Å². The van der Waals surface area contributed by atoms with Crippen LogP contribution in [0.15, 0.2) is 22.6 Å². The minimum atomic E-state index is 0.179. The van der Waals surface area contributed by atoms with Gasteiger partial charge in [-0.25, -0.2) is 0 Å². The summed E-state index contributed by atoms with van der Waals surface area (Å²) in [6.07, 6.45) is 0. The van der Waals surface area contributed by atoms with Gasteiger partial charge >= 0.3 is 0 Å². The molecule has 18 heavy (non-hydrogen) atoms. The molecule has 0 aliphatic heterocycles. The number of nitrogens with one attached hydrogen (secondary N) is 1. The minimum Gasteiger partial charge on any atom is -0.496 e. The third-order valence-electron chi connectivity index (χ3n) is 2.98. The molecule has 1 N–H and O–H groups in total. The van der Waals surface area contributed by atoms with E-state index in [2.05, 4.69) is 19.2 Å². The highest BCUT2D eigenvalue weighted by Gasteiger charge is 2.14. The van der Waals surface area contributed by atoms with Crippen LogP contribution < -0.4 is 14.8 Å². The van der Waals surface area contributed by atoms with Crippen molar-refractivity contribution < 1.29 is 13.9 Å². The third-order valence-corrected chi connectivity index (χ3v) is 2.98. The molecular formula is C14H19NO3. The van der Waals surface area contributed by atoms with E-state index >= 15 is 0 Å². The third kappa shape index (κ3) is 2.29. The van der Waals surface area contributed by atoms with E-state index in [0.717, 1.165) is 34.8 Å². The largest absolute Gasteiger partial charge is 0.496 e. The van der Waals surface area contributed by atoms with E-state index in [1.54, 1.807) is 14.2 Å². The SMILES string of the molecule is CCNC(C)c1cc2c(OC)cc(OC)cc2o1. The monoisotopic (exact) mass is 249 g/mol. The Morgan fingerprint density at radius 2 is 2.00 bits per heavy atom. The first kappa shape index (κ1) is 12.8. The lowest BCUT2D eigenvalue weighted by atomic mass is 10.2. The number of hydrogen-bond donors (Lipinski definition) is 1. The Kier molecular flexibility index (Phi) is 3.77. The molecular weight excluding hydrogens is 230 g/mol. The maximum absolute atomic E-state index is 5.84. The normalized spacial score (nSPS) is 12.7. The Labute approximate surface area is 107 Å². The van der Waals surface area contributed by atoms with Crippen molar-refractivity contribution in [1.82, 2.24) is 5.32 Å². The highest BCUT2D eigenvalue weighted by molar-refractivity contribution is 5.86. The minimum absolute atomic E-state index is 0.179. The van der Waals surface area contributed by atoms with Gasteiger partial charge in [-0.3, -0.25) is 0 Å². The summed E-state index contributed by atoms with van der Waals surface area (Å²) in [5, 5.41) is 4.29. The molecule has 0 saturated heterocycles. The lowest BCUT2D eigenvalue weighted by Gasteiger charge is -2.07. The zero-order valence-electron chi connectivity index (χ0n) is 11.2. The van der Waals surface area contributed by atoms with Crippen molar-refractivity contribution in [1.29, 1.82) is 0 Å². The summed E-state index contributed by atoms with van der Waals surface area (Å²) in [5.74, 6) is 2.40. The molecule has 0 aliphatic rings. The van der Waals surface area contributed by atoms with Crippen LogP contribution in [0.4, 0.5) is 0 Å². The van der Waals surface area contributed by atoms with Crippen molar-refractivity contribution in [2.45, 2.75) is 19.9 Å². The highest BCUT2D eigenvalue weighted by atomic mass is 16.5. The van der Waals surface area contributed by atoms with Crippen LogP contribution in [0.3, 0.4) is 0 Å². The smallest absolute Gasteiger partial charge is 0.141 e. The van der Waals surface area contributed by atoms with E-state index in [-0.39, 0.29) is 6.04 Å². The van der Waals surface area contributed by atoms with Crippen molar-refractivity contribution in [2.75, 3.05) is 20.8 Å². The molecule has 2 aromatic rings. The molecule has 0 bridgehead atoms. The predicted octanol–water partition coefficient (Wildman–Crippen LogP) is 3.12. The molecule has 1 aromatic heterocycles. The molecule has 4 heteroatoms. The Balaban J connectivity index is 2.49. The van der Waals surface area contributed by atoms with Crippen molar-refractivity contribution in [3.63, 3.8) is 0 Å². The predicted molar refractivity (Wildman–Crippen MR) is 71.4 cm³/mol. The van der Waals surface area contributed by atoms with Gasteiger partial charge in [0, 0.05) is 12.1 Å². The lowest BCUT2D eigenvalue weighted by molar-refractivity contribution is 0.396. The summed E-state index contributed by atoms with van der Waals surface area (Å²) in [4.78, 5) is 0. The summed E-state index contributed by atoms with van der Waals surface area (Å²) in [5.41, 5.74) is 0.783. The van der Waals surface area contributed by atoms with Crippen LogP contribution in [0.5, 0.6) is 11.5 Å².